The van der Waals surface area contributed by atoms with Gasteiger partial charge in [-0.3, -0.25) is 4.90 Å². The van der Waals surface area contributed by atoms with Gasteiger partial charge in [0.25, 0.3) is 0 Å². The monoisotopic (exact) mass is 460 g/mol. The maximum Gasteiger partial charge on any atom is 0.232 e. The molecule has 1 N–H and O–H groups in total. The summed E-state index contributed by atoms with van der Waals surface area (Å²) in [5.41, 5.74) is 3.34. The molecule has 4 aromatic rings. The van der Waals surface area contributed by atoms with E-state index in [9.17, 15) is 5.11 Å². The first-order valence-corrected chi connectivity index (χ1v) is 11.4. The van der Waals surface area contributed by atoms with Gasteiger partial charge in [0.1, 0.15) is 29.4 Å². The molecule has 1 aliphatic rings. The summed E-state index contributed by atoms with van der Waals surface area (Å²) in [5, 5.41) is 10.2. The van der Waals surface area contributed by atoms with Crippen molar-refractivity contribution in [3.8, 4) is 33.9 Å². The van der Waals surface area contributed by atoms with E-state index in [1.54, 1.807) is 20.5 Å². The van der Waals surface area contributed by atoms with E-state index in [1.807, 2.05) is 36.4 Å². The molecule has 176 valence electrons. The van der Waals surface area contributed by atoms with E-state index in [4.69, 9.17) is 18.9 Å². The molecule has 8 nitrogen and oxygen atoms in total. The third-order valence-electron chi connectivity index (χ3n) is 6.23. The molecule has 8 heteroatoms. The van der Waals surface area contributed by atoms with Gasteiger partial charge in [-0.25, -0.2) is 9.97 Å². The lowest BCUT2D eigenvalue weighted by molar-refractivity contribution is 0.188. The van der Waals surface area contributed by atoms with Gasteiger partial charge in [-0.1, -0.05) is 30.3 Å². The molecule has 0 radical (unpaired) electrons. The standard InChI is InChI=1S/C26H28N4O4/c1-32-20-14-19(15-21(16-20)33-2)24-22(18-6-4-3-5-7-18)23-25(27-17-28-26(23)34-24)30-10-8-29(9-11-30)12-13-31/h3-7,14-17,31H,8-13H2,1-2H3. The predicted octanol–water partition coefficient (Wildman–Crippen LogP) is 3.69. The zero-order valence-corrected chi connectivity index (χ0v) is 19.4. The topological polar surface area (TPSA) is 84.1 Å². The lowest BCUT2D eigenvalue weighted by atomic mass is 9.98. The molecule has 5 rings (SSSR count). The Bertz CT molecular complexity index is 1240. The van der Waals surface area contributed by atoms with Gasteiger partial charge in [-0.05, 0) is 17.7 Å². The van der Waals surface area contributed by atoms with E-state index >= 15 is 0 Å². The number of hydrogen-bond donors (Lipinski definition) is 1. The van der Waals surface area contributed by atoms with Gasteiger partial charge < -0.3 is 23.9 Å². The molecule has 0 amide bonds. The number of hydrogen-bond acceptors (Lipinski definition) is 8. The number of aliphatic hydroxyl groups is 1. The van der Waals surface area contributed by atoms with Gasteiger partial charge in [0.05, 0.1) is 26.2 Å². The van der Waals surface area contributed by atoms with E-state index in [1.165, 1.54) is 0 Å². The van der Waals surface area contributed by atoms with Gasteiger partial charge >= 0.3 is 0 Å². The van der Waals surface area contributed by atoms with Crippen LogP contribution in [0, 0.1) is 0 Å². The molecule has 1 fully saturated rings. The fourth-order valence-electron chi connectivity index (χ4n) is 4.50. The van der Waals surface area contributed by atoms with Crippen LogP contribution < -0.4 is 14.4 Å². The van der Waals surface area contributed by atoms with E-state index < -0.39 is 0 Å². The summed E-state index contributed by atoms with van der Waals surface area (Å²) < 4.78 is 17.4. The molecule has 0 spiro atoms. The predicted molar refractivity (Wildman–Crippen MR) is 132 cm³/mol. The number of aromatic nitrogens is 2. The Morgan fingerprint density at radius 1 is 0.912 bits per heavy atom. The highest BCUT2D eigenvalue weighted by molar-refractivity contribution is 6.06. The van der Waals surface area contributed by atoms with E-state index in [0.29, 0.717) is 29.5 Å². The minimum atomic E-state index is 0.172. The smallest absolute Gasteiger partial charge is 0.232 e. The molecule has 0 unspecified atom stereocenters. The molecule has 1 aliphatic heterocycles. The van der Waals surface area contributed by atoms with Crippen molar-refractivity contribution in [2.45, 2.75) is 0 Å². The first-order valence-electron chi connectivity index (χ1n) is 11.4. The second-order valence-corrected chi connectivity index (χ2v) is 8.20. The second kappa shape index (κ2) is 9.70. The molecule has 0 aliphatic carbocycles. The van der Waals surface area contributed by atoms with Crippen molar-refractivity contribution in [3.63, 3.8) is 0 Å². The number of benzene rings is 2. The van der Waals surface area contributed by atoms with Crippen LogP contribution in [0.1, 0.15) is 0 Å². The first kappa shape index (κ1) is 22.2. The maximum atomic E-state index is 9.28. The second-order valence-electron chi connectivity index (χ2n) is 8.20. The molecule has 3 heterocycles. The van der Waals surface area contributed by atoms with Crippen molar-refractivity contribution < 1.29 is 19.0 Å². The number of aliphatic hydroxyl groups excluding tert-OH is 1. The van der Waals surface area contributed by atoms with Crippen molar-refractivity contribution in [3.05, 3.63) is 54.9 Å². The minimum absolute atomic E-state index is 0.172. The van der Waals surface area contributed by atoms with Crippen molar-refractivity contribution in [2.75, 3.05) is 58.5 Å². The number of ether oxygens (including phenoxy) is 2. The lowest BCUT2D eigenvalue weighted by Gasteiger charge is -2.35. The van der Waals surface area contributed by atoms with E-state index in [0.717, 1.165) is 54.1 Å². The van der Waals surface area contributed by atoms with Gasteiger partial charge in [-0.15, -0.1) is 0 Å². The van der Waals surface area contributed by atoms with E-state index in [2.05, 4.69) is 26.9 Å². The van der Waals surface area contributed by atoms with Crippen LogP contribution in [-0.4, -0.2) is 73.5 Å². The summed E-state index contributed by atoms with van der Waals surface area (Å²) in [6.07, 6.45) is 1.56. The van der Waals surface area contributed by atoms with E-state index in [-0.39, 0.29) is 6.61 Å². The summed E-state index contributed by atoms with van der Waals surface area (Å²) in [6.45, 7) is 4.22. The number of β-amino-alcohol motifs (C(OH)–C–C–N with tert-alkyl or cyclic N) is 1. The highest BCUT2D eigenvalue weighted by Gasteiger charge is 2.27. The molecule has 2 aromatic carbocycles. The highest BCUT2D eigenvalue weighted by Crippen LogP contribution is 2.44. The SMILES string of the molecule is COc1cc(OC)cc(-c2oc3ncnc(N4CCN(CCO)CC4)c3c2-c2ccccc2)c1. The van der Waals surface area contributed by atoms with Gasteiger partial charge in [0.2, 0.25) is 5.71 Å². The molecule has 2 aromatic heterocycles. The van der Waals surface area contributed by atoms with Crippen molar-refractivity contribution >= 4 is 16.9 Å². The highest BCUT2D eigenvalue weighted by atomic mass is 16.5. The number of nitrogens with zero attached hydrogens (tertiary/aromatic N) is 4. The Morgan fingerprint density at radius 2 is 1.62 bits per heavy atom. The number of fused-ring (bicyclic) bond motifs is 1. The minimum Gasteiger partial charge on any atom is -0.497 e. The number of furan rings is 1. The lowest BCUT2D eigenvalue weighted by Crippen LogP contribution is -2.47. The largest absolute Gasteiger partial charge is 0.497 e. The number of anilines is 1. The average Bonchev–Trinajstić information content (AvgIpc) is 3.29. The maximum absolute atomic E-state index is 9.28. The van der Waals surface area contributed by atoms with Crippen LogP contribution >= 0.6 is 0 Å². The van der Waals surface area contributed by atoms with Crippen LogP contribution in [0.5, 0.6) is 11.5 Å². The van der Waals surface area contributed by atoms with Crippen LogP contribution in [0.4, 0.5) is 5.82 Å². The van der Waals surface area contributed by atoms with Crippen molar-refractivity contribution in [1.82, 2.24) is 14.9 Å². The summed E-state index contributed by atoms with van der Waals surface area (Å²) >= 11 is 0. The molecule has 1 saturated heterocycles. The Balaban J connectivity index is 1.69. The zero-order chi connectivity index (χ0) is 23.5. The van der Waals surface area contributed by atoms with Crippen LogP contribution in [0.25, 0.3) is 33.6 Å². The Morgan fingerprint density at radius 3 is 2.26 bits per heavy atom. The summed E-state index contributed by atoms with van der Waals surface area (Å²) in [5.74, 6) is 2.91. The third-order valence-corrected chi connectivity index (χ3v) is 6.23. The molecular weight excluding hydrogens is 432 g/mol. The molecule has 0 bridgehead atoms. The van der Waals surface area contributed by atoms with Gasteiger partial charge in [0, 0.05) is 49.9 Å². The molecular formula is C26H28N4O4. The number of methoxy groups -OCH3 is 2. The van der Waals surface area contributed by atoms with Crippen LogP contribution in [0.3, 0.4) is 0 Å². The zero-order valence-electron chi connectivity index (χ0n) is 19.4. The van der Waals surface area contributed by atoms with Crippen LogP contribution in [0.2, 0.25) is 0 Å². The molecule has 0 saturated carbocycles. The van der Waals surface area contributed by atoms with Crippen molar-refractivity contribution in [2.24, 2.45) is 0 Å². The average molecular weight is 461 g/mol. The third kappa shape index (κ3) is 4.18. The number of rotatable bonds is 7. The number of piperazine rings is 1. The fraction of sp³-hybridized carbons (Fsp3) is 0.308. The molecule has 34 heavy (non-hydrogen) atoms. The quantitative estimate of drug-likeness (QED) is 0.447. The summed E-state index contributed by atoms with van der Waals surface area (Å²) in [7, 11) is 3.27. The van der Waals surface area contributed by atoms with Gasteiger partial charge in [0.15, 0.2) is 0 Å². The molecule has 0 atom stereocenters. The van der Waals surface area contributed by atoms with Crippen LogP contribution in [-0.2, 0) is 0 Å². The summed E-state index contributed by atoms with van der Waals surface area (Å²) in [6, 6.07) is 15.9. The van der Waals surface area contributed by atoms with Crippen molar-refractivity contribution in [1.29, 1.82) is 0 Å². The summed E-state index contributed by atoms with van der Waals surface area (Å²) in [4.78, 5) is 13.7. The normalized spacial score (nSPS) is 14.5. The Labute approximate surface area is 198 Å². The van der Waals surface area contributed by atoms with Crippen LogP contribution in [0.15, 0.2) is 59.3 Å². The Kier molecular flexibility index (Phi) is 6.33. The fourth-order valence-corrected chi connectivity index (χ4v) is 4.50. The first-order chi connectivity index (χ1) is 16.7. The Hall–Kier alpha value is -3.62. The van der Waals surface area contributed by atoms with Gasteiger partial charge in [-0.2, -0.15) is 0 Å².